The zero-order valence-electron chi connectivity index (χ0n) is 11.9. The van der Waals surface area contributed by atoms with Gasteiger partial charge >= 0.3 is 0 Å². The van der Waals surface area contributed by atoms with Crippen LogP contribution in [0.15, 0.2) is 16.5 Å². The second-order valence-corrected chi connectivity index (χ2v) is 8.38. The number of hydrazone groups is 1. The Hall–Kier alpha value is -0.880. The summed E-state index contributed by atoms with van der Waals surface area (Å²) in [5.41, 5.74) is 5.97. The Morgan fingerprint density at radius 2 is 2.05 bits per heavy atom. The molecule has 22 heavy (non-hydrogen) atoms. The van der Waals surface area contributed by atoms with Gasteiger partial charge in [0.25, 0.3) is 5.91 Å². The van der Waals surface area contributed by atoms with Crippen LogP contribution in [0.3, 0.4) is 0 Å². The van der Waals surface area contributed by atoms with Crippen molar-refractivity contribution in [1.29, 1.82) is 0 Å². The van der Waals surface area contributed by atoms with Gasteiger partial charge in [-0.3, -0.25) is 4.79 Å². The number of hydrogen-bond acceptors (Lipinski definition) is 4. The number of thiophene rings is 2. The number of hydrogen-bond donors (Lipinski definition) is 1. The van der Waals surface area contributed by atoms with E-state index in [4.69, 9.17) is 23.2 Å². The SMILES string of the molecule is CC(=NNC(=O)c1csc2c1CCCC2)c1cc(Cl)sc1Cl. The first-order valence-electron chi connectivity index (χ1n) is 6.95. The van der Waals surface area contributed by atoms with Gasteiger partial charge in [-0.05, 0) is 44.2 Å². The molecular weight excluding hydrogens is 359 g/mol. The number of halogens is 2. The molecule has 0 fully saturated rings. The molecule has 2 aromatic heterocycles. The van der Waals surface area contributed by atoms with E-state index in [1.165, 1.54) is 28.2 Å². The highest BCUT2D eigenvalue weighted by atomic mass is 35.5. The van der Waals surface area contributed by atoms with Crippen molar-refractivity contribution in [2.75, 3.05) is 0 Å². The minimum atomic E-state index is -0.156. The third kappa shape index (κ3) is 3.23. The van der Waals surface area contributed by atoms with E-state index in [-0.39, 0.29) is 5.91 Å². The van der Waals surface area contributed by atoms with Gasteiger partial charge in [-0.15, -0.1) is 22.7 Å². The smallest absolute Gasteiger partial charge is 0.267 e. The van der Waals surface area contributed by atoms with Gasteiger partial charge in [0.1, 0.15) is 4.34 Å². The summed E-state index contributed by atoms with van der Waals surface area (Å²) in [6, 6.07) is 1.76. The average Bonchev–Trinajstić information content (AvgIpc) is 3.07. The molecule has 2 aromatic rings. The van der Waals surface area contributed by atoms with E-state index in [2.05, 4.69) is 10.5 Å². The van der Waals surface area contributed by atoms with E-state index < -0.39 is 0 Å². The molecule has 7 heteroatoms. The predicted molar refractivity (Wildman–Crippen MR) is 95.0 cm³/mol. The summed E-state index contributed by atoms with van der Waals surface area (Å²) in [5.74, 6) is -0.156. The molecule has 1 aliphatic rings. The van der Waals surface area contributed by atoms with Crippen LogP contribution >= 0.6 is 45.9 Å². The van der Waals surface area contributed by atoms with Crippen LogP contribution in [0.25, 0.3) is 0 Å². The van der Waals surface area contributed by atoms with Crippen LogP contribution in [0.1, 0.15) is 46.1 Å². The lowest BCUT2D eigenvalue weighted by molar-refractivity contribution is 0.0954. The topological polar surface area (TPSA) is 41.5 Å². The minimum absolute atomic E-state index is 0.156. The van der Waals surface area contributed by atoms with E-state index in [0.717, 1.165) is 30.4 Å². The van der Waals surface area contributed by atoms with E-state index >= 15 is 0 Å². The molecule has 0 saturated carbocycles. The molecule has 0 spiro atoms. The molecule has 1 amide bonds. The Morgan fingerprint density at radius 1 is 1.27 bits per heavy atom. The summed E-state index contributed by atoms with van der Waals surface area (Å²) < 4.78 is 1.18. The van der Waals surface area contributed by atoms with Crippen LogP contribution in [0.2, 0.25) is 8.67 Å². The minimum Gasteiger partial charge on any atom is -0.267 e. The normalized spacial score (nSPS) is 14.8. The van der Waals surface area contributed by atoms with Crippen molar-refractivity contribution in [3.8, 4) is 0 Å². The maximum atomic E-state index is 12.3. The Labute approximate surface area is 147 Å². The second-order valence-electron chi connectivity index (χ2n) is 5.13. The molecule has 2 heterocycles. The van der Waals surface area contributed by atoms with Crippen molar-refractivity contribution >= 4 is 57.5 Å². The second kappa shape index (κ2) is 6.71. The summed E-state index contributed by atoms with van der Waals surface area (Å²) in [7, 11) is 0. The molecule has 0 radical (unpaired) electrons. The molecule has 0 aliphatic heterocycles. The van der Waals surface area contributed by atoms with E-state index in [9.17, 15) is 4.79 Å². The molecule has 1 N–H and O–H groups in total. The van der Waals surface area contributed by atoms with Crippen molar-refractivity contribution < 1.29 is 4.79 Å². The fraction of sp³-hybridized carbons (Fsp3) is 0.333. The van der Waals surface area contributed by atoms with E-state index in [1.807, 2.05) is 5.38 Å². The lowest BCUT2D eigenvalue weighted by Crippen LogP contribution is -2.20. The standard InChI is InChI=1S/C15H14Cl2N2OS2/c1-8(10-6-13(16)22-14(10)17)18-19-15(20)11-7-21-12-5-3-2-4-9(11)12/h6-7H,2-5H2,1H3,(H,19,20). The Balaban J connectivity index is 1.76. The predicted octanol–water partition coefficient (Wildman–Crippen LogP) is 5.15. The van der Waals surface area contributed by atoms with Crippen LogP contribution < -0.4 is 5.43 Å². The molecule has 3 nitrogen and oxygen atoms in total. The quantitative estimate of drug-likeness (QED) is 0.587. The zero-order chi connectivity index (χ0) is 15.7. The van der Waals surface area contributed by atoms with Gasteiger partial charge in [-0.25, -0.2) is 5.43 Å². The monoisotopic (exact) mass is 372 g/mol. The van der Waals surface area contributed by atoms with Crippen molar-refractivity contribution in [1.82, 2.24) is 5.43 Å². The maximum absolute atomic E-state index is 12.3. The van der Waals surface area contributed by atoms with Crippen LogP contribution in [-0.4, -0.2) is 11.6 Å². The fourth-order valence-corrected chi connectivity index (χ4v) is 5.22. The van der Waals surface area contributed by atoms with Gasteiger partial charge in [0.2, 0.25) is 0 Å². The van der Waals surface area contributed by atoms with Crippen LogP contribution in [0.4, 0.5) is 0 Å². The first-order valence-corrected chi connectivity index (χ1v) is 9.40. The molecule has 0 atom stereocenters. The van der Waals surface area contributed by atoms with Crippen molar-refractivity contribution in [2.24, 2.45) is 5.10 Å². The largest absolute Gasteiger partial charge is 0.272 e. The summed E-state index contributed by atoms with van der Waals surface area (Å²) in [6.07, 6.45) is 4.42. The highest BCUT2D eigenvalue weighted by molar-refractivity contribution is 7.20. The van der Waals surface area contributed by atoms with Crippen molar-refractivity contribution in [3.63, 3.8) is 0 Å². The van der Waals surface area contributed by atoms with Crippen LogP contribution in [-0.2, 0) is 12.8 Å². The number of aryl methyl sites for hydroxylation is 1. The number of nitrogens with one attached hydrogen (secondary N) is 1. The molecule has 0 bridgehead atoms. The number of amides is 1. The maximum Gasteiger partial charge on any atom is 0.272 e. The number of carbonyl (C=O) groups is 1. The van der Waals surface area contributed by atoms with Crippen LogP contribution in [0, 0.1) is 0 Å². The molecule has 0 aromatic carbocycles. The van der Waals surface area contributed by atoms with Gasteiger partial charge < -0.3 is 0 Å². The van der Waals surface area contributed by atoms with Gasteiger partial charge in [-0.1, -0.05) is 23.2 Å². The molecule has 116 valence electrons. The van der Waals surface area contributed by atoms with Crippen molar-refractivity contribution in [3.05, 3.63) is 41.7 Å². The van der Waals surface area contributed by atoms with Gasteiger partial charge in [0.15, 0.2) is 0 Å². The summed E-state index contributed by atoms with van der Waals surface area (Å²) >= 11 is 15.0. The van der Waals surface area contributed by atoms with Crippen molar-refractivity contribution in [2.45, 2.75) is 32.6 Å². The Bertz CT molecular complexity index is 749. The van der Waals surface area contributed by atoms with E-state index in [1.54, 1.807) is 24.3 Å². The number of nitrogens with zero attached hydrogens (tertiary/aromatic N) is 1. The first kappa shape index (κ1) is 16.0. The third-order valence-electron chi connectivity index (χ3n) is 3.68. The van der Waals surface area contributed by atoms with Gasteiger partial charge in [-0.2, -0.15) is 5.10 Å². The molecule has 3 rings (SSSR count). The molecule has 0 saturated heterocycles. The Kier molecular flexibility index (Phi) is 4.88. The van der Waals surface area contributed by atoms with Gasteiger partial charge in [0.05, 0.1) is 15.6 Å². The lowest BCUT2D eigenvalue weighted by Gasteiger charge is -2.12. The van der Waals surface area contributed by atoms with E-state index in [0.29, 0.717) is 14.4 Å². The Morgan fingerprint density at radius 3 is 2.77 bits per heavy atom. The van der Waals surface area contributed by atoms with Crippen LogP contribution in [0.5, 0.6) is 0 Å². The molecular formula is C15H14Cl2N2OS2. The fourth-order valence-electron chi connectivity index (χ4n) is 2.53. The lowest BCUT2D eigenvalue weighted by atomic mass is 9.96. The molecule has 0 unspecified atom stereocenters. The molecule has 1 aliphatic carbocycles. The van der Waals surface area contributed by atoms with Gasteiger partial charge in [0, 0.05) is 15.8 Å². The number of carbonyl (C=O) groups excluding carboxylic acids is 1. The summed E-state index contributed by atoms with van der Waals surface area (Å²) in [5, 5.41) is 6.09. The zero-order valence-corrected chi connectivity index (χ0v) is 15.1. The first-order chi connectivity index (χ1) is 10.6. The highest BCUT2D eigenvalue weighted by Crippen LogP contribution is 2.32. The number of rotatable bonds is 3. The summed E-state index contributed by atoms with van der Waals surface area (Å²) in [4.78, 5) is 13.7. The third-order valence-corrected chi connectivity index (χ3v) is 6.25. The summed E-state index contributed by atoms with van der Waals surface area (Å²) in [6.45, 7) is 1.80. The average molecular weight is 373 g/mol. The highest BCUT2D eigenvalue weighted by Gasteiger charge is 2.20. The number of fused-ring (bicyclic) bond motifs is 1.